The Morgan fingerprint density at radius 3 is 2.47 bits per heavy atom. The topological polar surface area (TPSA) is 72.6 Å². The smallest absolute Gasteiger partial charge is 0.325 e. The van der Waals surface area contributed by atoms with Crippen molar-refractivity contribution in [1.82, 2.24) is 4.90 Å². The van der Waals surface area contributed by atoms with E-state index in [0.717, 1.165) is 6.42 Å². The fourth-order valence-corrected chi connectivity index (χ4v) is 1.77. The van der Waals surface area contributed by atoms with Crippen molar-refractivity contribution in [2.75, 3.05) is 19.7 Å². The summed E-state index contributed by atoms with van der Waals surface area (Å²) in [6, 6.07) is -0.0284. The second-order valence-corrected chi connectivity index (χ2v) is 4.92. The fraction of sp³-hybridized carbons (Fsp3) is 0.833. The first-order valence-corrected chi connectivity index (χ1v) is 6.15. The monoisotopic (exact) mass is 242 g/mol. The summed E-state index contributed by atoms with van der Waals surface area (Å²) in [7, 11) is 0. The van der Waals surface area contributed by atoms with Crippen LogP contribution in [-0.2, 0) is 14.3 Å². The predicted octanol–water partition coefficient (Wildman–Crippen LogP) is 0.381. The van der Waals surface area contributed by atoms with Gasteiger partial charge in [-0.1, -0.05) is 13.8 Å². The Bertz CT molecular complexity index is 291. The fourth-order valence-electron chi connectivity index (χ4n) is 1.77. The van der Waals surface area contributed by atoms with Crippen molar-refractivity contribution in [3.63, 3.8) is 0 Å². The lowest BCUT2D eigenvalue weighted by atomic mass is 10.2. The van der Waals surface area contributed by atoms with Gasteiger partial charge in [0.25, 0.3) is 0 Å². The van der Waals surface area contributed by atoms with Crippen LogP contribution in [0.25, 0.3) is 0 Å². The van der Waals surface area contributed by atoms with Crippen LogP contribution in [0, 0.1) is 11.8 Å². The molecule has 1 fully saturated rings. The van der Waals surface area contributed by atoms with E-state index in [1.807, 2.05) is 13.8 Å². The summed E-state index contributed by atoms with van der Waals surface area (Å²) in [4.78, 5) is 25.0. The number of hydrogen-bond donors (Lipinski definition) is 1. The third kappa shape index (κ3) is 4.34. The molecule has 0 aromatic carbocycles. The predicted molar refractivity (Wildman–Crippen MR) is 64.1 cm³/mol. The van der Waals surface area contributed by atoms with Gasteiger partial charge in [0.15, 0.2) is 0 Å². The lowest BCUT2D eigenvalue weighted by Gasteiger charge is -2.23. The molecule has 1 aliphatic carbocycles. The van der Waals surface area contributed by atoms with Gasteiger partial charge < -0.3 is 15.4 Å². The van der Waals surface area contributed by atoms with Crippen molar-refractivity contribution in [1.29, 1.82) is 0 Å². The summed E-state index contributed by atoms with van der Waals surface area (Å²) in [6.07, 6.45) is 0.732. The summed E-state index contributed by atoms with van der Waals surface area (Å²) in [5.74, 6) is -0.137. The third-order valence-electron chi connectivity index (χ3n) is 2.68. The number of hydrogen-bond acceptors (Lipinski definition) is 4. The van der Waals surface area contributed by atoms with E-state index in [9.17, 15) is 9.59 Å². The van der Waals surface area contributed by atoms with E-state index in [0.29, 0.717) is 19.1 Å². The molecule has 5 nitrogen and oxygen atoms in total. The number of ether oxygens (including phenoxy) is 1. The Hall–Kier alpha value is -1.10. The van der Waals surface area contributed by atoms with Crippen molar-refractivity contribution in [3.8, 4) is 0 Å². The molecule has 0 saturated heterocycles. The second-order valence-electron chi connectivity index (χ2n) is 4.92. The summed E-state index contributed by atoms with van der Waals surface area (Å²) in [5, 5.41) is 0. The van der Waals surface area contributed by atoms with E-state index in [1.165, 1.54) is 0 Å². The molecule has 1 rings (SSSR count). The van der Waals surface area contributed by atoms with Crippen molar-refractivity contribution >= 4 is 11.9 Å². The minimum atomic E-state index is -0.351. The van der Waals surface area contributed by atoms with Crippen molar-refractivity contribution < 1.29 is 14.3 Å². The van der Waals surface area contributed by atoms with E-state index < -0.39 is 0 Å². The first kappa shape index (κ1) is 14.0. The molecule has 0 aromatic heterocycles. The number of amides is 1. The summed E-state index contributed by atoms with van der Waals surface area (Å²) >= 11 is 0. The molecule has 2 N–H and O–H groups in total. The third-order valence-corrected chi connectivity index (χ3v) is 2.68. The highest BCUT2D eigenvalue weighted by molar-refractivity contribution is 5.86. The maximum Gasteiger partial charge on any atom is 0.325 e. The number of esters is 1. The zero-order valence-corrected chi connectivity index (χ0v) is 10.8. The number of rotatable bonds is 6. The normalized spacial score (nSPS) is 22.4. The highest BCUT2D eigenvalue weighted by Gasteiger charge is 2.42. The summed E-state index contributed by atoms with van der Waals surface area (Å²) in [5.41, 5.74) is 5.66. The van der Waals surface area contributed by atoms with Crippen LogP contribution in [-0.4, -0.2) is 42.5 Å². The van der Waals surface area contributed by atoms with Crippen LogP contribution < -0.4 is 5.73 Å². The van der Waals surface area contributed by atoms with Crippen LogP contribution in [0.2, 0.25) is 0 Å². The Labute approximate surface area is 102 Å². The maximum atomic E-state index is 12.0. The highest BCUT2D eigenvalue weighted by Crippen LogP contribution is 2.30. The van der Waals surface area contributed by atoms with Gasteiger partial charge in [0.05, 0.1) is 12.5 Å². The number of nitrogens with two attached hydrogens (primary N) is 1. The van der Waals surface area contributed by atoms with Gasteiger partial charge in [-0.25, -0.2) is 0 Å². The van der Waals surface area contributed by atoms with E-state index in [-0.39, 0.29) is 30.4 Å². The lowest BCUT2D eigenvalue weighted by molar-refractivity contribution is -0.149. The Balaban J connectivity index is 2.53. The SMILES string of the molecule is CCOC(=O)CN(CC(C)C)C(=O)C1CC1N. The van der Waals surface area contributed by atoms with E-state index >= 15 is 0 Å². The van der Waals surface area contributed by atoms with Crippen LogP contribution in [0.5, 0.6) is 0 Å². The largest absolute Gasteiger partial charge is 0.465 e. The Morgan fingerprint density at radius 1 is 1.47 bits per heavy atom. The van der Waals surface area contributed by atoms with Crippen LogP contribution in [0.4, 0.5) is 0 Å². The number of carbonyl (C=O) groups excluding carboxylic acids is 2. The Kier molecular flexibility index (Phi) is 4.93. The molecule has 17 heavy (non-hydrogen) atoms. The number of carbonyl (C=O) groups is 2. The zero-order chi connectivity index (χ0) is 13.0. The van der Waals surface area contributed by atoms with Crippen LogP contribution in [0.15, 0.2) is 0 Å². The molecular weight excluding hydrogens is 220 g/mol. The minimum absolute atomic E-state index is 0.0146. The number of nitrogens with zero attached hydrogens (tertiary/aromatic N) is 1. The van der Waals surface area contributed by atoms with Gasteiger partial charge in [-0.2, -0.15) is 0 Å². The van der Waals surface area contributed by atoms with Gasteiger partial charge in [-0.05, 0) is 19.3 Å². The van der Waals surface area contributed by atoms with Crippen LogP contribution in [0.3, 0.4) is 0 Å². The molecule has 1 amide bonds. The molecule has 0 aliphatic heterocycles. The second kappa shape index (κ2) is 6.00. The van der Waals surface area contributed by atoms with Gasteiger partial charge in [0, 0.05) is 12.6 Å². The minimum Gasteiger partial charge on any atom is -0.465 e. The van der Waals surface area contributed by atoms with Crippen molar-refractivity contribution in [2.45, 2.75) is 33.2 Å². The average molecular weight is 242 g/mol. The summed E-state index contributed by atoms with van der Waals surface area (Å²) < 4.78 is 4.87. The van der Waals surface area contributed by atoms with Gasteiger partial charge in [-0.15, -0.1) is 0 Å². The molecule has 1 saturated carbocycles. The first-order chi connectivity index (χ1) is 7.95. The van der Waals surface area contributed by atoms with Crippen LogP contribution >= 0.6 is 0 Å². The molecule has 0 radical (unpaired) electrons. The van der Waals surface area contributed by atoms with Gasteiger partial charge in [-0.3, -0.25) is 9.59 Å². The molecule has 0 aromatic rings. The van der Waals surface area contributed by atoms with E-state index in [1.54, 1.807) is 11.8 Å². The van der Waals surface area contributed by atoms with Crippen molar-refractivity contribution in [2.24, 2.45) is 17.6 Å². The molecule has 0 spiro atoms. The molecule has 2 unspecified atom stereocenters. The van der Waals surface area contributed by atoms with Gasteiger partial charge >= 0.3 is 5.97 Å². The van der Waals surface area contributed by atoms with E-state index in [4.69, 9.17) is 10.5 Å². The van der Waals surface area contributed by atoms with Crippen molar-refractivity contribution in [3.05, 3.63) is 0 Å². The molecule has 0 bridgehead atoms. The van der Waals surface area contributed by atoms with Crippen LogP contribution in [0.1, 0.15) is 27.2 Å². The molecule has 0 heterocycles. The molecule has 5 heteroatoms. The molecule has 1 aliphatic rings. The standard InChI is InChI=1S/C12H22N2O3/c1-4-17-11(15)7-14(6-8(2)3)12(16)9-5-10(9)13/h8-10H,4-7,13H2,1-3H3. The van der Waals surface area contributed by atoms with E-state index in [2.05, 4.69) is 0 Å². The van der Waals surface area contributed by atoms with Gasteiger partial charge in [0.2, 0.25) is 5.91 Å². The Morgan fingerprint density at radius 2 is 2.06 bits per heavy atom. The maximum absolute atomic E-state index is 12.0. The summed E-state index contributed by atoms with van der Waals surface area (Å²) in [6.45, 7) is 6.72. The highest BCUT2D eigenvalue weighted by atomic mass is 16.5. The molecule has 2 atom stereocenters. The molecular formula is C12H22N2O3. The lowest BCUT2D eigenvalue weighted by Crippen LogP contribution is -2.40. The average Bonchev–Trinajstić information content (AvgIpc) is 2.93. The zero-order valence-electron chi connectivity index (χ0n) is 10.8. The molecule has 98 valence electrons. The quantitative estimate of drug-likeness (QED) is 0.683. The van der Waals surface area contributed by atoms with Gasteiger partial charge in [0.1, 0.15) is 6.54 Å². The first-order valence-electron chi connectivity index (χ1n) is 6.15.